The second-order valence-electron chi connectivity index (χ2n) is 4.74. The van der Waals surface area contributed by atoms with E-state index < -0.39 is 11.9 Å². The van der Waals surface area contributed by atoms with E-state index in [0.717, 1.165) is 43.4 Å². The van der Waals surface area contributed by atoms with Crippen LogP contribution in [0.4, 0.5) is 0 Å². The predicted octanol–water partition coefficient (Wildman–Crippen LogP) is 1.94. The lowest BCUT2D eigenvalue weighted by Gasteiger charge is -2.14. The molecule has 5 nitrogen and oxygen atoms in total. The minimum atomic E-state index is -0.463. The Morgan fingerprint density at radius 1 is 1.37 bits per heavy atom. The fourth-order valence-electron chi connectivity index (χ4n) is 2.44. The molecule has 2 rings (SSSR count). The molecule has 0 atom stereocenters. The summed E-state index contributed by atoms with van der Waals surface area (Å²) < 4.78 is 0. The van der Waals surface area contributed by atoms with Crippen molar-refractivity contribution in [1.29, 1.82) is 5.41 Å². The Balaban J connectivity index is 2.47. The van der Waals surface area contributed by atoms with E-state index in [0.29, 0.717) is 16.3 Å². The van der Waals surface area contributed by atoms with Gasteiger partial charge in [-0.25, -0.2) is 0 Å². The summed E-state index contributed by atoms with van der Waals surface area (Å²) in [6.07, 6.45) is 5.08. The monoisotopic (exact) mass is 280 g/mol. The Morgan fingerprint density at radius 3 is 2.74 bits per heavy atom. The van der Waals surface area contributed by atoms with Gasteiger partial charge >= 0.3 is 0 Å². The van der Waals surface area contributed by atoms with Gasteiger partial charge in [0.15, 0.2) is 5.96 Å². The lowest BCUT2D eigenvalue weighted by molar-refractivity contribution is 0.0975. The third kappa shape index (κ3) is 2.87. The van der Waals surface area contributed by atoms with Crippen molar-refractivity contribution in [2.75, 3.05) is 0 Å². The van der Waals surface area contributed by atoms with Gasteiger partial charge in [-0.15, -0.1) is 0 Å². The van der Waals surface area contributed by atoms with Crippen LogP contribution < -0.4 is 11.1 Å². The quantitative estimate of drug-likeness (QED) is 0.417. The Kier molecular flexibility index (Phi) is 4.04. The minimum Gasteiger partial charge on any atom is -0.370 e. The van der Waals surface area contributed by atoms with Crippen molar-refractivity contribution >= 4 is 23.5 Å². The zero-order valence-electron chi connectivity index (χ0n) is 10.8. The molecule has 0 saturated heterocycles. The highest BCUT2D eigenvalue weighted by molar-refractivity contribution is 6.35. The van der Waals surface area contributed by atoms with Crippen molar-refractivity contribution in [2.24, 2.45) is 5.73 Å². The van der Waals surface area contributed by atoms with Gasteiger partial charge in [0.25, 0.3) is 5.91 Å². The first kappa shape index (κ1) is 13.8. The Morgan fingerprint density at radius 2 is 2.05 bits per heavy atom. The van der Waals surface area contributed by atoms with E-state index >= 15 is 0 Å². The molecular formula is C13H17ClN4O. The van der Waals surface area contributed by atoms with Crippen LogP contribution in [0.3, 0.4) is 0 Å². The summed E-state index contributed by atoms with van der Waals surface area (Å²) in [4.78, 5) is 16.5. The predicted molar refractivity (Wildman–Crippen MR) is 74.6 cm³/mol. The molecule has 0 spiro atoms. The number of hydrogen-bond donors (Lipinski definition) is 3. The fraction of sp³-hybridized carbons (Fsp3) is 0.462. The largest absolute Gasteiger partial charge is 0.370 e. The SMILES string of the molecule is Cc1nc2c(c(Cl)c1C(=O)NC(=N)N)CCCCC2. The van der Waals surface area contributed by atoms with Crippen LogP contribution in [0.2, 0.25) is 5.02 Å². The van der Waals surface area contributed by atoms with Crippen LogP contribution in [0.25, 0.3) is 0 Å². The summed E-state index contributed by atoms with van der Waals surface area (Å²) in [5.74, 6) is -0.857. The molecule has 0 aromatic carbocycles. The maximum absolute atomic E-state index is 12.0. The summed E-state index contributed by atoms with van der Waals surface area (Å²) in [6.45, 7) is 1.76. The smallest absolute Gasteiger partial charge is 0.261 e. The molecule has 4 N–H and O–H groups in total. The zero-order chi connectivity index (χ0) is 14.0. The second kappa shape index (κ2) is 5.57. The third-order valence-corrected chi connectivity index (χ3v) is 3.73. The second-order valence-corrected chi connectivity index (χ2v) is 5.12. The van der Waals surface area contributed by atoms with E-state index in [1.165, 1.54) is 0 Å². The molecule has 0 radical (unpaired) electrons. The normalized spacial score (nSPS) is 14.4. The zero-order valence-corrected chi connectivity index (χ0v) is 11.6. The van der Waals surface area contributed by atoms with Gasteiger partial charge in [0.1, 0.15) is 0 Å². The van der Waals surface area contributed by atoms with Gasteiger partial charge in [-0.3, -0.25) is 20.5 Å². The maximum atomic E-state index is 12.0. The summed E-state index contributed by atoms with van der Waals surface area (Å²) in [5.41, 5.74) is 8.07. The van der Waals surface area contributed by atoms with Crippen LogP contribution in [0, 0.1) is 12.3 Å². The maximum Gasteiger partial charge on any atom is 0.261 e. The van der Waals surface area contributed by atoms with Crippen LogP contribution in [0.5, 0.6) is 0 Å². The topological polar surface area (TPSA) is 91.9 Å². The molecule has 1 aromatic rings. The molecule has 1 amide bonds. The van der Waals surface area contributed by atoms with Crippen molar-refractivity contribution < 1.29 is 4.79 Å². The molecule has 1 heterocycles. The number of guanidine groups is 1. The lowest BCUT2D eigenvalue weighted by Crippen LogP contribution is -2.36. The van der Waals surface area contributed by atoms with E-state index in [-0.39, 0.29) is 0 Å². The number of pyridine rings is 1. The molecule has 19 heavy (non-hydrogen) atoms. The Bertz CT molecular complexity index is 542. The number of halogens is 1. The highest BCUT2D eigenvalue weighted by Crippen LogP contribution is 2.30. The number of amides is 1. The number of nitrogens with two attached hydrogens (primary N) is 1. The number of hydrogen-bond acceptors (Lipinski definition) is 3. The van der Waals surface area contributed by atoms with Crippen LogP contribution >= 0.6 is 11.6 Å². The number of carbonyl (C=O) groups is 1. The first-order valence-corrected chi connectivity index (χ1v) is 6.71. The average molecular weight is 281 g/mol. The average Bonchev–Trinajstić information content (AvgIpc) is 2.53. The number of nitrogens with zero attached hydrogens (tertiary/aromatic N) is 1. The van der Waals surface area contributed by atoms with Crippen molar-refractivity contribution in [1.82, 2.24) is 10.3 Å². The lowest BCUT2D eigenvalue weighted by atomic mass is 10.0. The van der Waals surface area contributed by atoms with Gasteiger partial charge < -0.3 is 5.73 Å². The molecule has 102 valence electrons. The van der Waals surface area contributed by atoms with Gasteiger partial charge in [-0.2, -0.15) is 0 Å². The highest BCUT2D eigenvalue weighted by atomic mass is 35.5. The molecule has 0 bridgehead atoms. The van der Waals surface area contributed by atoms with Gasteiger partial charge in [0.05, 0.1) is 16.3 Å². The van der Waals surface area contributed by atoms with Gasteiger partial charge in [0, 0.05) is 5.69 Å². The molecule has 1 aliphatic carbocycles. The third-order valence-electron chi connectivity index (χ3n) is 3.31. The number of carbonyl (C=O) groups excluding carboxylic acids is 1. The summed E-state index contributed by atoms with van der Waals surface area (Å²) in [5, 5.41) is 9.84. The number of rotatable bonds is 1. The van der Waals surface area contributed by atoms with E-state index in [4.69, 9.17) is 22.7 Å². The summed E-state index contributed by atoms with van der Waals surface area (Å²) >= 11 is 6.37. The van der Waals surface area contributed by atoms with Crippen LogP contribution in [0.15, 0.2) is 0 Å². The first-order chi connectivity index (χ1) is 9.00. The van der Waals surface area contributed by atoms with E-state index in [1.807, 2.05) is 0 Å². The molecule has 0 unspecified atom stereocenters. The summed E-state index contributed by atoms with van der Waals surface area (Å²) in [7, 11) is 0. The molecule has 0 aliphatic heterocycles. The molecule has 0 saturated carbocycles. The molecule has 1 aromatic heterocycles. The standard InChI is InChI=1S/C13H17ClN4O/c1-7-10(12(19)18-13(15)16)11(14)8-5-3-2-4-6-9(8)17-7/h2-6H2,1H3,(H4,15,16,18,19). The Hall–Kier alpha value is -1.62. The molecule has 1 aliphatic rings. The fourth-order valence-corrected chi connectivity index (χ4v) is 2.87. The molecular weight excluding hydrogens is 264 g/mol. The van der Waals surface area contributed by atoms with Crippen LogP contribution in [-0.2, 0) is 12.8 Å². The van der Waals surface area contributed by atoms with Crippen LogP contribution in [-0.4, -0.2) is 16.9 Å². The molecule has 6 heteroatoms. The van der Waals surface area contributed by atoms with Crippen molar-refractivity contribution in [3.05, 3.63) is 27.5 Å². The number of aromatic nitrogens is 1. The van der Waals surface area contributed by atoms with Crippen molar-refractivity contribution in [3.63, 3.8) is 0 Å². The Labute approximate surface area is 117 Å². The van der Waals surface area contributed by atoms with Gasteiger partial charge in [0.2, 0.25) is 0 Å². The van der Waals surface area contributed by atoms with E-state index in [2.05, 4.69) is 10.3 Å². The van der Waals surface area contributed by atoms with E-state index in [1.54, 1.807) is 6.92 Å². The van der Waals surface area contributed by atoms with Crippen molar-refractivity contribution in [3.8, 4) is 0 Å². The van der Waals surface area contributed by atoms with E-state index in [9.17, 15) is 4.79 Å². The minimum absolute atomic E-state index is 0.331. The number of nitrogens with one attached hydrogen (secondary N) is 2. The van der Waals surface area contributed by atoms with Crippen LogP contribution in [0.1, 0.15) is 46.6 Å². The highest BCUT2D eigenvalue weighted by Gasteiger charge is 2.22. The van der Waals surface area contributed by atoms with Gasteiger partial charge in [-0.1, -0.05) is 18.0 Å². The summed E-state index contributed by atoms with van der Waals surface area (Å²) in [6, 6.07) is 0. The first-order valence-electron chi connectivity index (χ1n) is 6.34. The number of fused-ring (bicyclic) bond motifs is 1. The van der Waals surface area contributed by atoms with Crippen molar-refractivity contribution in [2.45, 2.75) is 39.0 Å². The van der Waals surface area contributed by atoms with Gasteiger partial charge in [-0.05, 0) is 38.2 Å². The molecule has 0 fully saturated rings. The number of aryl methyl sites for hydroxylation is 2.